The molecule has 2 fully saturated rings. The molecule has 2 aliphatic rings. The van der Waals surface area contributed by atoms with Gasteiger partial charge in [0.05, 0.1) is 6.10 Å². The molecule has 0 aromatic rings. The van der Waals surface area contributed by atoms with Crippen LogP contribution in [0.3, 0.4) is 0 Å². The second-order valence-corrected chi connectivity index (χ2v) is 3.96. The molecule has 1 N–H and O–H groups in total. The molecule has 2 heteroatoms. The van der Waals surface area contributed by atoms with E-state index in [1.54, 1.807) is 0 Å². The number of aliphatic hydroxyl groups excluding tert-OH is 1. The minimum atomic E-state index is -0.0545. The molecule has 1 aliphatic heterocycles. The van der Waals surface area contributed by atoms with Gasteiger partial charge >= 0.3 is 0 Å². The predicted octanol–water partition coefficient (Wildman–Crippen LogP) is 0.996. The summed E-state index contributed by atoms with van der Waals surface area (Å²) in [5.41, 5.74) is 0.550. The van der Waals surface area contributed by atoms with Gasteiger partial charge in [0.15, 0.2) is 0 Å². The number of β-amino-alcohol motifs (C(OH)–C–C–N with tert-alkyl or cyclic N) is 1. The summed E-state index contributed by atoms with van der Waals surface area (Å²) in [5, 5.41) is 9.43. The predicted molar refractivity (Wildman–Crippen MR) is 44.5 cm³/mol. The van der Waals surface area contributed by atoms with Crippen molar-refractivity contribution in [1.29, 1.82) is 0 Å². The average molecular weight is 155 g/mol. The summed E-state index contributed by atoms with van der Waals surface area (Å²) in [6, 6.07) is 0. The fraction of sp³-hybridized carbons (Fsp3) is 1.00. The summed E-state index contributed by atoms with van der Waals surface area (Å²) in [5.74, 6) is 0. The first-order valence-electron chi connectivity index (χ1n) is 4.70. The molecule has 1 saturated heterocycles. The third-order valence-corrected chi connectivity index (χ3v) is 3.25. The first-order valence-corrected chi connectivity index (χ1v) is 4.70. The van der Waals surface area contributed by atoms with E-state index < -0.39 is 0 Å². The van der Waals surface area contributed by atoms with Gasteiger partial charge in [-0.1, -0.05) is 6.92 Å². The minimum absolute atomic E-state index is 0.0545. The first kappa shape index (κ1) is 7.56. The largest absolute Gasteiger partial charge is 0.392 e. The highest BCUT2D eigenvalue weighted by Crippen LogP contribution is 2.47. The summed E-state index contributed by atoms with van der Waals surface area (Å²) < 4.78 is 0. The van der Waals surface area contributed by atoms with Crippen LogP contribution in [0.5, 0.6) is 0 Å². The lowest BCUT2D eigenvalue weighted by Gasteiger charge is -2.37. The summed E-state index contributed by atoms with van der Waals surface area (Å²) in [6.45, 7) is 4.21. The Morgan fingerprint density at radius 2 is 2.18 bits per heavy atom. The Morgan fingerprint density at radius 3 is 2.73 bits per heavy atom. The van der Waals surface area contributed by atoms with Crippen molar-refractivity contribution in [3.8, 4) is 0 Å². The SMILES string of the molecule is CCN1C[C@H](O)CCC12CC2. The molecule has 1 heterocycles. The zero-order chi connectivity index (χ0) is 7.90. The number of likely N-dealkylation sites (tertiary alicyclic amines) is 1. The number of nitrogens with zero attached hydrogens (tertiary/aromatic N) is 1. The van der Waals surface area contributed by atoms with Crippen LogP contribution in [0.4, 0.5) is 0 Å². The number of likely N-dealkylation sites (N-methyl/N-ethyl adjacent to an activating group) is 1. The Kier molecular flexibility index (Phi) is 1.69. The Balaban J connectivity index is 2.01. The van der Waals surface area contributed by atoms with E-state index in [1.807, 2.05) is 0 Å². The zero-order valence-corrected chi connectivity index (χ0v) is 7.21. The van der Waals surface area contributed by atoms with Crippen LogP contribution in [0.2, 0.25) is 0 Å². The molecule has 0 unspecified atom stereocenters. The number of aliphatic hydroxyl groups is 1. The van der Waals surface area contributed by atoms with Gasteiger partial charge in [0.2, 0.25) is 0 Å². The van der Waals surface area contributed by atoms with E-state index in [9.17, 15) is 5.11 Å². The maximum absolute atomic E-state index is 9.43. The van der Waals surface area contributed by atoms with Crippen LogP contribution in [-0.2, 0) is 0 Å². The second kappa shape index (κ2) is 2.46. The molecule has 0 radical (unpaired) electrons. The number of hydrogen-bond donors (Lipinski definition) is 1. The molecule has 64 valence electrons. The fourth-order valence-corrected chi connectivity index (χ4v) is 2.31. The van der Waals surface area contributed by atoms with Crippen molar-refractivity contribution < 1.29 is 5.11 Å². The van der Waals surface area contributed by atoms with Gasteiger partial charge in [0.25, 0.3) is 0 Å². The lowest BCUT2D eigenvalue weighted by Crippen LogP contribution is -2.46. The second-order valence-electron chi connectivity index (χ2n) is 3.96. The van der Waals surface area contributed by atoms with Gasteiger partial charge < -0.3 is 5.11 Å². The van der Waals surface area contributed by atoms with E-state index >= 15 is 0 Å². The Morgan fingerprint density at radius 1 is 1.45 bits per heavy atom. The van der Waals surface area contributed by atoms with Crippen LogP contribution < -0.4 is 0 Å². The molecule has 0 amide bonds. The minimum Gasteiger partial charge on any atom is -0.392 e. The maximum Gasteiger partial charge on any atom is 0.0668 e. The fourth-order valence-electron chi connectivity index (χ4n) is 2.31. The highest BCUT2D eigenvalue weighted by molar-refractivity contribution is 5.06. The highest BCUT2D eigenvalue weighted by atomic mass is 16.3. The van der Waals surface area contributed by atoms with Crippen molar-refractivity contribution in [1.82, 2.24) is 4.90 Å². The summed E-state index contributed by atoms with van der Waals surface area (Å²) in [6.07, 6.45) is 4.93. The molecule has 1 spiro atoms. The zero-order valence-electron chi connectivity index (χ0n) is 7.21. The van der Waals surface area contributed by atoms with Crippen LogP contribution in [0, 0.1) is 0 Å². The quantitative estimate of drug-likeness (QED) is 0.610. The Bertz CT molecular complexity index is 154. The number of rotatable bonds is 1. The molecule has 2 nitrogen and oxygen atoms in total. The normalized spacial score (nSPS) is 36.0. The van der Waals surface area contributed by atoms with Crippen molar-refractivity contribution in [3.05, 3.63) is 0 Å². The monoisotopic (exact) mass is 155 g/mol. The topological polar surface area (TPSA) is 23.5 Å². The Labute approximate surface area is 68.2 Å². The average Bonchev–Trinajstić information content (AvgIpc) is 2.76. The van der Waals surface area contributed by atoms with E-state index in [0.717, 1.165) is 19.5 Å². The Hall–Kier alpha value is -0.0800. The molecule has 1 atom stereocenters. The van der Waals surface area contributed by atoms with Gasteiger partial charge in [-0.2, -0.15) is 0 Å². The summed E-state index contributed by atoms with van der Waals surface area (Å²) in [7, 11) is 0. The molecule has 1 aliphatic carbocycles. The molecule has 1 saturated carbocycles. The molecule has 2 rings (SSSR count). The third kappa shape index (κ3) is 1.18. The first-order chi connectivity index (χ1) is 5.27. The van der Waals surface area contributed by atoms with E-state index in [2.05, 4.69) is 11.8 Å². The van der Waals surface area contributed by atoms with Crippen molar-refractivity contribution in [3.63, 3.8) is 0 Å². The van der Waals surface area contributed by atoms with Crippen LogP contribution in [0.15, 0.2) is 0 Å². The third-order valence-electron chi connectivity index (χ3n) is 3.25. The summed E-state index contributed by atoms with van der Waals surface area (Å²) >= 11 is 0. The maximum atomic E-state index is 9.43. The smallest absolute Gasteiger partial charge is 0.0668 e. The summed E-state index contributed by atoms with van der Waals surface area (Å²) in [4.78, 5) is 2.46. The van der Waals surface area contributed by atoms with Gasteiger partial charge in [-0.15, -0.1) is 0 Å². The molecule has 0 aromatic carbocycles. The lowest BCUT2D eigenvalue weighted by atomic mass is 9.98. The molecule has 0 bridgehead atoms. The van der Waals surface area contributed by atoms with Crippen LogP contribution in [0.25, 0.3) is 0 Å². The standard InChI is InChI=1S/C9H17NO/c1-2-10-7-8(11)3-4-9(10)5-6-9/h8,11H,2-7H2,1H3/t8-/m1/s1. The van der Waals surface area contributed by atoms with Crippen LogP contribution >= 0.6 is 0 Å². The molecular weight excluding hydrogens is 138 g/mol. The molecule has 11 heavy (non-hydrogen) atoms. The van der Waals surface area contributed by atoms with Gasteiger partial charge in [-0.3, -0.25) is 4.90 Å². The molecular formula is C9H17NO. The van der Waals surface area contributed by atoms with Crippen molar-refractivity contribution in [2.24, 2.45) is 0 Å². The van der Waals surface area contributed by atoms with Gasteiger partial charge in [-0.05, 0) is 32.2 Å². The van der Waals surface area contributed by atoms with Crippen molar-refractivity contribution in [2.45, 2.75) is 44.2 Å². The van der Waals surface area contributed by atoms with E-state index in [4.69, 9.17) is 0 Å². The lowest BCUT2D eigenvalue weighted by molar-refractivity contribution is 0.0278. The van der Waals surface area contributed by atoms with E-state index in [1.165, 1.54) is 19.3 Å². The number of piperidine rings is 1. The highest BCUT2D eigenvalue weighted by Gasteiger charge is 2.49. The van der Waals surface area contributed by atoms with Gasteiger partial charge in [0.1, 0.15) is 0 Å². The molecule has 0 aromatic heterocycles. The van der Waals surface area contributed by atoms with E-state index in [0.29, 0.717) is 5.54 Å². The van der Waals surface area contributed by atoms with Crippen molar-refractivity contribution in [2.75, 3.05) is 13.1 Å². The van der Waals surface area contributed by atoms with Gasteiger partial charge in [-0.25, -0.2) is 0 Å². The van der Waals surface area contributed by atoms with Crippen LogP contribution in [0.1, 0.15) is 32.6 Å². The van der Waals surface area contributed by atoms with Crippen LogP contribution in [-0.4, -0.2) is 34.7 Å². The van der Waals surface area contributed by atoms with Gasteiger partial charge in [0, 0.05) is 12.1 Å². The van der Waals surface area contributed by atoms with Crippen molar-refractivity contribution >= 4 is 0 Å². The number of hydrogen-bond acceptors (Lipinski definition) is 2. The van der Waals surface area contributed by atoms with E-state index in [-0.39, 0.29) is 6.10 Å².